The van der Waals surface area contributed by atoms with Crippen molar-refractivity contribution in [1.82, 2.24) is 15.5 Å². The van der Waals surface area contributed by atoms with Crippen LogP contribution in [0.15, 0.2) is 18.2 Å². The molecule has 0 aliphatic heterocycles. The largest absolute Gasteiger partial charge is 0.355 e. The maximum atomic E-state index is 11.9. The molecule has 1 rings (SSSR count). The fourth-order valence-electron chi connectivity index (χ4n) is 2.12. The lowest BCUT2D eigenvalue weighted by Crippen LogP contribution is -2.46. The van der Waals surface area contributed by atoms with Crippen LogP contribution in [0.4, 0.5) is 0 Å². The smallest absolute Gasteiger partial charge is 0.234 e. The third kappa shape index (κ3) is 8.52. The zero-order valence-electron chi connectivity index (χ0n) is 14.6. The second-order valence-corrected chi connectivity index (χ2v) is 7.65. The first-order chi connectivity index (χ1) is 11.1. The molecule has 0 saturated carbocycles. The van der Waals surface area contributed by atoms with Crippen LogP contribution in [0.3, 0.4) is 0 Å². The molecular formula is C17H25Cl2N3O2. The number of rotatable bonds is 7. The normalized spacial score (nSPS) is 11.5. The quantitative estimate of drug-likeness (QED) is 0.771. The highest BCUT2D eigenvalue weighted by atomic mass is 35.5. The van der Waals surface area contributed by atoms with Crippen LogP contribution in [0.5, 0.6) is 0 Å². The predicted molar refractivity (Wildman–Crippen MR) is 98.6 cm³/mol. The Kier molecular flexibility index (Phi) is 8.00. The Morgan fingerprint density at radius 3 is 2.33 bits per heavy atom. The standard InChI is InChI=1S/C17H25Cl2N3O2/c1-17(2,3)21-16(24)11-22(4)10-15(23)20-8-7-12-5-6-13(18)9-14(12)19/h5-6,9H,7-8,10-11H2,1-4H3,(H,20,23)(H,21,24). The minimum atomic E-state index is -0.280. The first kappa shape index (κ1) is 20.7. The van der Waals surface area contributed by atoms with Gasteiger partial charge in [-0.25, -0.2) is 0 Å². The Labute approximate surface area is 153 Å². The molecule has 0 spiro atoms. The molecule has 0 atom stereocenters. The molecule has 5 nitrogen and oxygen atoms in total. The van der Waals surface area contributed by atoms with Gasteiger partial charge in [0.15, 0.2) is 0 Å². The number of nitrogens with zero attached hydrogens (tertiary/aromatic N) is 1. The molecule has 0 radical (unpaired) electrons. The van der Waals surface area contributed by atoms with E-state index in [-0.39, 0.29) is 30.4 Å². The van der Waals surface area contributed by atoms with Crippen molar-refractivity contribution in [3.8, 4) is 0 Å². The number of hydrogen-bond acceptors (Lipinski definition) is 3. The second kappa shape index (κ2) is 9.25. The molecule has 24 heavy (non-hydrogen) atoms. The van der Waals surface area contributed by atoms with Gasteiger partial charge in [0.2, 0.25) is 11.8 Å². The predicted octanol–water partition coefficient (Wildman–Crippen LogP) is 2.50. The Morgan fingerprint density at radius 1 is 1.12 bits per heavy atom. The van der Waals surface area contributed by atoms with Crippen LogP contribution in [0.2, 0.25) is 10.0 Å². The van der Waals surface area contributed by atoms with E-state index in [4.69, 9.17) is 23.2 Å². The molecule has 0 bridgehead atoms. The zero-order chi connectivity index (χ0) is 18.3. The van der Waals surface area contributed by atoms with Gasteiger partial charge in [-0.15, -0.1) is 0 Å². The van der Waals surface area contributed by atoms with E-state index in [0.29, 0.717) is 23.0 Å². The summed E-state index contributed by atoms with van der Waals surface area (Å²) in [5.41, 5.74) is 0.650. The van der Waals surface area contributed by atoms with Crippen molar-refractivity contribution in [3.05, 3.63) is 33.8 Å². The van der Waals surface area contributed by atoms with Crippen LogP contribution in [0.25, 0.3) is 0 Å². The number of nitrogens with one attached hydrogen (secondary N) is 2. The topological polar surface area (TPSA) is 61.4 Å². The number of hydrogen-bond donors (Lipinski definition) is 2. The molecule has 0 heterocycles. The first-order valence-electron chi connectivity index (χ1n) is 7.77. The van der Waals surface area contributed by atoms with Crippen molar-refractivity contribution >= 4 is 35.0 Å². The van der Waals surface area contributed by atoms with Crippen LogP contribution < -0.4 is 10.6 Å². The van der Waals surface area contributed by atoms with Gasteiger partial charge in [-0.3, -0.25) is 14.5 Å². The molecule has 0 saturated heterocycles. The SMILES string of the molecule is CN(CC(=O)NCCc1ccc(Cl)cc1Cl)CC(=O)NC(C)(C)C. The van der Waals surface area contributed by atoms with E-state index in [1.165, 1.54) is 0 Å². The number of carbonyl (C=O) groups excluding carboxylic acids is 2. The van der Waals surface area contributed by atoms with E-state index >= 15 is 0 Å². The fraction of sp³-hybridized carbons (Fsp3) is 0.529. The number of likely N-dealkylation sites (N-methyl/N-ethyl adjacent to an activating group) is 1. The van der Waals surface area contributed by atoms with Crippen molar-refractivity contribution in [3.63, 3.8) is 0 Å². The molecule has 0 aromatic heterocycles. The molecule has 0 unspecified atom stereocenters. The molecule has 2 amide bonds. The van der Waals surface area contributed by atoms with Gasteiger partial charge < -0.3 is 10.6 Å². The third-order valence-corrected chi connectivity index (χ3v) is 3.66. The number of amides is 2. The highest BCUT2D eigenvalue weighted by Crippen LogP contribution is 2.20. The van der Waals surface area contributed by atoms with E-state index in [2.05, 4.69) is 10.6 Å². The molecule has 2 N–H and O–H groups in total. The van der Waals surface area contributed by atoms with Crippen LogP contribution in [0, 0.1) is 0 Å². The van der Waals surface area contributed by atoms with Gasteiger partial charge in [-0.1, -0.05) is 29.3 Å². The lowest BCUT2D eigenvalue weighted by Gasteiger charge is -2.23. The molecule has 0 fully saturated rings. The highest BCUT2D eigenvalue weighted by molar-refractivity contribution is 6.35. The Hall–Kier alpha value is -1.30. The lowest BCUT2D eigenvalue weighted by atomic mass is 10.1. The molecule has 0 aliphatic rings. The van der Waals surface area contributed by atoms with Gasteiger partial charge in [0.05, 0.1) is 13.1 Å². The van der Waals surface area contributed by atoms with Crippen molar-refractivity contribution in [1.29, 1.82) is 0 Å². The maximum Gasteiger partial charge on any atom is 0.234 e. The molecular weight excluding hydrogens is 349 g/mol. The summed E-state index contributed by atoms with van der Waals surface area (Å²) in [6.45, 7) is 6.56. The summed E-state index contributed by atoms with van der Waals surface area (Å²) >= 11 is 11.9. The van der Waals surface area contributed by atoms with Gasteiger partial charge in [-0.05, 0) is 51.9 Å². The molecule has 7 heteroatoms. The van der Waals surface area contributed by atoms with Crippen molar-refractivity contribution < 1.29 is 9.59 Å². The van der Waals surface area contributed by atoms with Crippen LogP contribution >= 0.6 is 23.2 Å². The van der Waals surface area contributed by atoms with Crippen molar-refractivity contribution in [2.45, 2.75) is 32.7 Å². The summed E-state index contributed by atoms with van der Waals surface area (Å²) in [6.07, 6.45) is 0.621. The molecule has 1 aromatic carbocycles. The molecule has 134 valence electrons. The summed E-state index contributed by atoms with van der Waals surface area (Å²) in [7, 11) is 1.73. The number of carbonyl (C=O) groups is 2. The minimum absolute atomic E-state index is 0.106. The van der Waals surface area contributed by atoms with E-state index in [9.17, 15) is 9.59 Å². The first-order valence-corrected chi connectivity index (χ1v) is 8.52. The van der Waals surface area contributed by atoms with E-state index < -0.39 is 0 Å². The molecule has 0 aliphatic carbocycles. The molecule has 1 aromatic rings. The Balaban J connectivity index is 2.31. The number of benzene rings is 1. The summed E-state index contributed by atoms with van der Waals surface area (Å²) in [5, 5.41) is 6.86. The summed E-state index contributed by atoms with van der Waals surface area (Å²) in [6, 6.07) is 5.30. The van der Waals surface area contributed by atoms with Crippen LogP contribution in [-0.4, -0.2) is 48.9 Å². The van der Waals surface area contributed by atoms with Gasteiger partial charge in [0.25, 0.3) is 0 Å². The van der Waals surface area contributed by atoms with Gasteiger partial charge >= 0.3 is 0 Å². The maximum absolute atomic E-state index is 11.9. The van der Waals surface area contributed by atoms with Gasteiger partial charge in [-0.2, -0.15) is 0 Å². The highest BCUT2D eigenvalue weighted by Gasteiger charge is 2.16. The van der Waals surface area contributed by atoms with Gasteiger partial charge in [0.1, 0.15) is 0 Å². The van der Waals surface area contributed by atoms with E-state index in [1.54, 1.807) is 24.1 Å². The van der Waals surface area contributed by atoms with Crippen molar-refractivity contribution in [2.24, 2.45) is 0 Å². The Morgan fingerprint density at radius 2 is 1.75 bits per heavy atom. The monoisotopic (exact) mass is 373 g/mol. The summed E-state index contributed by atoms with van der Waals surface area (Å²) in [5.74, 6) is -0.239. The Bertz CT molecular complexity index is 586. The van der Waals surface area contributed by atoms with E-state index in [0.717, 1.165) is 5.56 Å². The van der Waals surface area contributed by atoms with Crippen LogP contribution in [0.1, 0.15) is 26.3 Å². The zero-order valence-corrected chi connectivity index (χ0v) is 16.1. The minimum Gasteiger partial charge on any atom is -0.355 e. The van der Waals surface area contributed by atoms with Crippen LogP contribution in [-0.2, 0) is 16.0 Å². The summed E-state index contributed by atoms with van der Waals surface area (Å²) < 4.78 is 0. The summed E-state index contributed by atoms with van der Waals surface area (Å²) in [4.78, 5) is 25.4. The fourth-order valence-corrected chi connectivity index (χ4v) is 2.62. The lowest BCUT2D eigenvalue weighted by molar-refractivity contribution is -0.125. The third-order valence-electron chi connectivity index (χ3n) is 3.07. The van der Waals surface area contributed by atoms with Gasteiger partial charge in [0, 0.05) is 22.1 Å². The van der Waals surface area contributed by atoms with E-state index in [1.807, 2.05) is 26.8 Å². The average molecular weight is 374 g/mol. The average Bonchev–Trinajstić information content (AvgIpc) is 2.38. The number of halogens is 2. The van der Waals surface area contributed by atoms with Crippen molar-refractivity contribution in [2.75, 3.05) is 26.7 Å². The second-order valence-electron chi connectivity index (χ2n) is 6.81.